The number of rotatable bonds is 5. The quantitative estimate of drug-likeness (QED) is 0.444. The first-order valence-electron chi connectivity index (χ1n) is 3.55. The largest absolute Gasteiger partial charge is 0.374 e. The Morgan fingerprint density at radius 2 is 2.18 bits per heavy atom. The third-order valence-electron chi connectivity index (χ3n) is 1.14. The second-order valence-corrected chi connectivity index (χ2v) is 2.25. The Labute approximate surface area is 65.7 Å². The fourth-order valence-electron chi connectivity index (χ4n) is 0.488. The number of ether oxygens (including phenoxy) is 1. The normalized spacial score (nSPS) is 11.1. The van der Waals surface area contributed by atoms with Gasteiger partial charge in [-0.25, -0.2) is 0 Å². The van der Waals surface area contributed by atoms with E-state index >= 15 is 0 Å². The van der Waals surface area contributed by atoms with Crippen molar-refractivity contribution in [2.75, 3.05) is 13.2 Å². The summed E-state index contributed by atoms with van der Waals surface area (Å²) in [5, 5.41) is 0. The monoisotopic (exact) mass is 162 g/mol. The van der Waals surface area contributed by atoms with Gasteiger partial charge in [0.2, 0.25) is 0 Å². The fourth-order valence-corrected chi connectivity index (χ4v) is 0.488. The molecule has 0 atom stereocenters. The summed E-state index contributed by atoms with van der Waals surface area (Å²) in [5.41, 5.74) is 0. The van der Waals surface area contributed by atoms with E-state index in [1.807, 2.05) is 6.92 Å². The highest BCUT2D eigenvalue weighted by molar-refractivity contribution is 5.00. The summed E-state index contributed by atoms with van der Waals surface area (Å²) in [5.74, 6) is -1.74. The smallest absolute Gasteiger partial charge is 0.330 e. The fraction of sp³-hybridized carbons (Fsp3) is 0.750. The van der Waals surface area contributed by atoms with Crippen LogP contribution in [0.5, 0.6) is 0 Å². The van der Waals surface area contributed by atoms with Crippen molar-refractivity contribution in [1.82, 2.24) is 0 Å². The minimum atomic E-state index is -3.10. The summed E-state index contributed by atoms with van der Waals surface area (Å²) >= 11 is 0. The SMILES string of the molecule is C#CC(F)(F)COCCCC. The summed E-state index contributed by atoms with van der Waals surface area (Å²) in [7, 11) is 0. The van der Waals surface area contributed by atoms with Crippen molar-refractivity contribution in [2.24, 2.45) is 0 Å². The van der Waals surface area contributed by atoms with Gasteiger partial charge in [-0.3, -0.25) is 0 Å². The highest BCUT2D eigenvalue weighted by Gasteiger charge is 2.24. The summed E-state index contributed by atoms with van der Waals surface area (Å²) in [6.45, 7) is 1.65. The van der Waals surface area contributed by atoms with Crippen molar-refractivity contribution in [3.63, 3.8) is 0 Å². The van der Waals surface area contributed by atoms with Crippen molar-refractivity contribution in [2.45, 2.75) is 25.7 Å². The van der Waals surface area contributed by atoms with Gasteiger partial charge in [-0.1, -0.05) is 13.3 Å². The molecule has 0 rings (SSSR count). The number of halogens is 2. The Hall–Kier alpha value is -0.620. The van der Waals surface area contributed by atoms with Crippen LogP contribution in [0.3, 0.4) is 0 Å². The van der Waals surface area contributed by atoms with E-state index in [-0.39, 0.29) is 0 Å². The van der Waals surface area contributed by atoms with Gasteiger partial charge < -0.3 is 4.74 Å². The molecule has 0 aliphatic carbocycles. The minimum absolute atomic E-state index is 0.355. The lowest BCUT2D eigenvalue weighted by molar-refractivity contribution is -0.0331. The van der Waals surface area contributed by atoms with Crippen LogP contribution in [-0.4, -0.2) is 19.1 Å². The first-order valence-corrected chi connectivity index (χ1v) is 3.55. The zero-order chi connectivity index (χ0) is 8.74. The van der Waals surface area contributed by atoms with Gasteiger partial charge in [-0.05, 0) is 12.3 Å². The minimum Gasteiger partial charge on any atom is -0.374 e. The average Bonchev–Trinajstić information content (AvgIpc) is 1.99. The molecule has 64 valence electrons. The first kappa shape index (κ1) is 10.4. The van der Waals surface area contributed by atoms with Gasteiger partial charge in [0.25, 0.3) is 0 Å². The molecule has 11 heavy (non-hydrogen) atoms. The second-order valence-electron chi connectivity index (χ2n) is 2.25. The molecule has 0 unspecified atom stereocenters. The van der Waals surface area contributed by atoms with Gasteiger partial charge in [-0.2, -0.15) is 8.78 Å². The maximum atomic E-state index is 12.2. The number of hydrogen-bond acceptors (Lipinski definition) is 1. The van der Waals surface area contributed by atoms with Crippen molar-refractivity contribution in [1.29, 1.82) is 0 Å². The van der Waals surface area contributed by atoms with E-state index in [1.165, 1.54) is 5.92 Å². The molecule has 0 amide bonds. The van der Waals surface area contributed by atoms with Gasteiger partial charge in [0, 0.05) is 6.61 Å². The van der Waals surface area contributed by atoms with Gasteiger partial charge in [-0.15, -0.1) is 6.42 Å². The number of alkyl halides is 2. The van der Waals surface area contributed by atoms with Crippen LogP contribution in [0.15, 0.2) is 0 Å². The van der Waals surface area contributed by atoms with Gasteiger partial charge in [0.15, 0.2) is 0 Å². The molecular weight excluding hydrogens is 150 g/mol. The molecule has 0 fully saturated rings. The molecule has 0 aromatic rings. The molecule has 0 N–H and O–H groups in total. The molecular formula is C8H12F2O. The van der Waals surface area contributed by atoms with Crippen molar-refractivity contribution in [3.05, 3.63) is 0 Å². The van der Waals surface area contributed by atoms with Crippen LogP contribution in [0.25, 0.3) is 0 Å². The summed E-state index contributed by atoms with van der Waals surface area (Å²) in [6.07, 6.45) is 6.27. The maximum absolute atomic E-state index is 12.2. The lowest BCUT2D eigenvalue weighted by atomic mass is 10.3. The molecule has 0 heterocycles. The number of hydrogen-bond donors (Lipinski definition) is 0. The lowest BCUT2D eigenvalue weighted by Crippen LogP contribution is -2.21. The molecule has 0 saturated carbocycles. The van der Waals surface area contributed by atoms with Gasteiger partial charge in [0.05, 0.1) is 0 Å². The Kier molecular flexibility index (Phi) is 4.80. The van der Waals surface area contributed by atoms with E-state index in [0.717, 1.165) is 12.8 Å². The van der Waals surface area contributed by atoms with Crippen LogP contribution in [0.4, 0.5) is 8.78 Å². The van der Waals surface area contributed by atoms with Crippen LogP contribution >= 0.6 is 0 Å². The van der Waals surface area contributed by atoms with Crippen LogP contribution in [-0.2, 0) is 4.74 Å². The molecule has 0 aliphatic heterocycles. The predicted molar refractivity (Wildman–Crippen MR) is 39.5 cm³/mol. The van der Waals surface area contributed by atoms with Crippen LogP contribution in [0.1, 0.15) is 19.8 Å². The average molecular weight is 162 g/mol. The summed E-state index contributed by atoms with van der Waals surface area (Å²) < 4.78 is 29.1. The highest BCUT2D eigenvalue weighted by atomic mass is 19.3. The highest BCUT2D eigenvalue weighted by Crippen LogP contribution is 2.11. The van der Waals surface area contributed by atoms with Crippen molar-refractivity contribution >= 4 is 0 Å². The summed E-state index contributed by atoms with van der Waals surface area (Å²) in [4.78, 5) is 0. The number of unbranched alkanes of at least 4 members (excludes halogenated alkanes) is 1. The molecule has 0 bridgehead atoms. The molecule has 1 nitrogen and oxygen atoms in total. The van der Waals surface area contributed by atoms with Crippen molar-refractivity contribution in [3.8, 4) is 12.3 Å². The van der Waals surface area contributed by atoms with Crippen LogP contribution in [0, 0.1) is 12.3 Å². The van der Waals surface area contributed by atoms with Crippen LogP contribution in [0.2, 0.25) is 0 Å². The van der Waals surface area contributed by atoms with Gasteiger partial charge in [0.1, 0.15) is 6.61 Å². The van der Waals surface area contributed by atoms with E-state index in [4.69, 9.17) is 0 Å². The van der Waals surface area contributed by atoms with Crippen LogP contribution < -0.4 is 0 Å². The third kappa shape index (κ3) is 5.81. The zero-order valence-electron chi connectivity index (χ0n) is 6.57. The Morgan fingerprint density at radius 3 is 2.64 bits per heavy atom. The Bertz CT molecular complexity index is 138. The van der Waals surface area contributed by atoms with E-state index in [1.54, 1.807) is 0 Å². The standard InChI is InChI=1S/C8H12F2O/c1-3-5-6-11-7-8(9,10)4-2/h2H,3,5-7H2,1H3. The number of terminal acetylenes is 1. The Morgan fingerprint density at radius 1 is 1.55 bits per heavy atom. The Balaban J connectivity index is 3.32. The molecule has 3 heteroatoms. The van der Waals surface area contributed by atoms with E-state index < -0.39 is 12.5 Å². The third-order valence-corrected chi connectivity index (χ3v) is 1.14. The molecule has 0 radical (unpaired) electrons. The maximum Gasteiger partial charge on any atom is 0.330 e. The van der Waals surface area contributed by atoms with E-state index in [0.29, 0.717) is 6.61 Å². The van der Waals surface area contributed by atoms with Gasteiger partial charge >= 0.3 is 5.92 Å². The lowest BCUT2D eigenvalue weighted by Gasteiger charge is -2.08. The zero-order valence-corrected chi connectivity index (χ0v) is 6.57. The van der Waals surface area contributed by atoms with E-state index in [2.05, 4.69) is 11.2 Å². The molecule has 0 aromatic heterocycles. The van der Waals surface area contributed by atoms with E-state index in [9.17, 15) is 8.78 Å². The molecule has 0 aromatic carbocycles. The topological polar surface area (TPSA) is 9.23 Å². The summed E-state index contributed by atoms with van der Waals surface area (Å²) in [6, 6.07) is 0. The first-order chi connectivity index (χ1) is 5.12. The molecule has 0 aliphatic rings. The molecule has 0 saturated heterocycles. The molecule has 0 spiro atoms. The predicted octanol–water partition coefficient (Wildman–Crippen LogP) is 2.07. The van der Waals surface area contributed by atoms with Crippen molar-refractivity contribution < 1.29 is 13.5 Å². The second kappa shape index (κ2) is 5.09.